The van der Waals surface area contributed by atoms with Gasteiger partial charge in [-0.3, -0.25) is 5.32 Å². The van der Waals surface area contributed by atoms with E-state index in [0.29, 0.717) is 5.56 Å². The summed E-state index contributed by atoms with van der Waals surface area (Å²) in [6.07, 6.45) is 0. The van der Waals surface area contributed by atoms with Crippen molar-refractivity contribution < 1.29 is 14.1 Å². The lowest BCUT2D eigenvalue weighted by Crippen LogP contribution is -2.25. The molecule has 4 nitrogen and oxygen atoms in total. The molecule has 0 radical (unpaired) electrons. The molecule has 2 aromatic rings. The Morgan fingerprint density at radius 2 is 2.00 bits per heavy atom. The average Bonchev–Trinajstić information content (AvgIpc) is 2.92. The molecule has 1 N–H and O–H groups in total. The second kappa shape index (κ2) is 5.40. The van der Waals surface area contributed by atoms with Gasteiger partial charge in [-0.25, -0.2) is 9.37 Å². The van der Waals surface area contributed by atoms with Gasteiger partial charge in [0.2, 0.25) is 0 Å². The minimum absolute atomic E-state index is 0.320. The highest BCUT2D eigenvalue weighted by Crippen LogP contribution is 2.25. The van der Waals surface area contributed by atoms with Crippen LogP contribution in [0.1, 0.15) is 21.5 Å². The first kappa shape index (κ1) is 13.4. The van der Waals surface area contributed by atoms with Crippen LogP contribution in [0, 0.1) is 0 Å². The number of benzene rings is 2. The second-order valence-corrected chi connectivity index (χ2v) is 4.88. The first-order chi connectivity index (χ1) is 10.2. The van der Waals surface area contributed by atoms with E-state index in [-0.39, 0.29) is 5.97 Å². The molecular weight excluding hydrogens is 264 g/mol. The van der Waals surface area contributed by atoms with E-state index < -0.39 is 0 Å². The van der Waals surface area contributed by atoms with Crippen LogP contribution in [0.25, 0.3) is 0 Å². The molecule has 0 saturated carbocycles. The second-order valence-electron chi connectivity index (χ2n) is 4.88. The van der Waals surface area contributed by atoms with Crippen LogP contribution >= 0.6 is 0 Å². The summed E-state index contributed by atoms with van der Waals surface area (Å²) in [6.45, 7) is 0.789. The molecule has 21 heavy (non-hydrogen) atoms. The third kappa shape index (κ3) is 2.29. The lowest BCUT2D eigenvalue weighted by Gasteiger charge is -2.06. The van der Waals surface area contributed by atoms with Gasteiger partial charge in [0, 0.05) is 5.56 Å². The molecule has 0 bridgehead atoms. The van der Waals surface area contributed by atoms with Crippen molar-refractivity contribution in [1.82, 2.24) is 5.32 Å². The Morgan fingerprint density at radius 1 is 1.19 bits per heavy atom. The molecule has 4 heteroatoms. The van der Waals surface area contributed by atoms with E-state index in [0.717, 1.165) is 18.1 Å². The third-order valence-corrected chi connectivity index (χ3v) is 3.69. The van der Waals surface area contributed by atoms with Crippen molar-refractivity contribution in [2.75, 3.05) is 14.2 Å². The van der Waals surface area contributed by atoms with Crippen LogP contribution in [-0.4, -0.2) is 30.5 Å². The molecule has 0 amide bonds. The van der Waals surface area contributed by atoms with Gasteiger partial charge < -0.3 is 4.74 Å². The van der Waals surface area contributed by atoms with Crippen LogP contribution in [0.4, 0.5) is 5.69 Å². The van der Waals surface area contributed by atoms with Crippen LogP contribution in [0.5, 0.6) is 0 Å². The summed E-state index contributed by atoms with van der Waals surface area (Å²) >= 11 is 0. The van der Waals surface area contributed by atoms with Gasteiger partial charge in [0.05, 0.1) is 25.3 Å². The molecular formula is C17H17N2O2+. The van der Waals surface area contributed by atoms with Crippen molar-refractivity contribution >= 4 is 17.5 Å². The quantitative estimate of drug-likeness (QED) is 0.678. The zero-order valence-corrected chi connectivity index (χ0v) is 12.1. The number of nitrogens with zero attached hydrogens (tertiary/aromatic N) is 1. The molecule has 0 atom stereocenters. The smallest absolute Gasteiger partial charge is 0.338 e. The highest BCUT2D eigenvalue weighted by Gasteiger charge is 2.27. The summed E-state index contributed by atoms with van der Waals surface area (Å²) in [5, 5.41) is 3.26. The van der Waals surface area contributed by atoms with E-state index in [1.54, 1.807) is 6.07 Å². The summed E-state index contributed by atoms with van der Waals surface area (Å²) in [5.41, 5.74) is 3.99. The maximum Gasteiger partial charge on any atom is 0.338 e. The highest BCUT2D eigenvalue weighted by atomic mass is 16.5. The average molecular weight is 281 g/mol. The number of rotatable bonds is 2. The summed E-state index contributed by atoms with van der Waals surface area (Å²) < 4.78 is 6.95. The predicted molar refractivity (Wildman–Crippen MR) is 81.0 cm³/mol. The van der Waals surface area contributed by atoms with E-state index in [9.17, 15) is 4.79 Å². The van der Waals surface area contributed by atoms with Crippen LogP contribution in [0.2, 0.25) is 0 Å². The van der Waals surface area contributed by atoms with Crippen LogP contribution < -0.4 is 5.32 Å². The highest BCUT2D eigenvalue weighted by molar-refractivity contribution is 5.98. The Balaban J connectivity index is 2.07. The van der Waals surface area contributed by atoms with Crippen molar-refractivity contribution in [1.29, 1.82) is 0 Å². The first-order valence-corrected chi connectivity index (χ1v) is 6.83. The molecule has 2 aromatic carbocycles. The lowest BCUT2D eigenvalue weighted by atomic mass is 10.1. The summed E-state index contributed by atoms with van der Waals surface area (Å²) in [4.78, 5) is 11.7. The molecule has 0 aromatic heterocycles. The molecule has 1 aliphatic heterocycles. The molecule has 106 valence electrons. The molecule has 0 aliphatic carbocycles. The first-order valence-electron chi connectivity index (χ1n) is 6.83. The zero-order chi connectivity index (χ0) is 14.8. The number of nitrogens with one attached hydrogen (secondary N) is 1. The predicted octanol–water partition coefficient (Wildman–Crippen LogP) is 2.30. The van der Waals surface area contributed by atoms with E-state index in [2.05, 4.69) is 22.0 Å². The Bertz CT molecular complexity index is 735. The Kier molecular flexibility index (Phi) is 3.44. The summed E-state index contributed by atoms with van der Waals surface area (Å²) in [5.74, 6) is 0.729. The number of carbonyl (C=O) groups is 1. The third-order valence-electron chi connectivity index (χ3n) is 3.69. The molecule has 0 spiro atoms. The van der Waals surface area contributed by atoms with Crippen molar-refractivity contribution in [3.63, 3.8) is 0 Å². The van der Waals surface area contributed by atoms with Gasteiger partial charge in [-0.15, -0.1) is 0 Å². The van der Waals surface area contributed by atoms with Gasteiger partial charge in [0.15, 0.2) is 0 Å². The van der Waals surface area contributed by atoms with Crippen molar-refractivity contribution in [2.24, 2.45) is 0 Å². The van der Waals surface area contributed by atoms with Crippen LogP contribution in [0.15, 0.2) is 48.5 Å². The molecule has 3 rings (SSSR count). The number of methoxy groups -OCH3 is 1. The lowest BCUT2D eigenvalue weighted by molar-refractivity contribution is -0.454. The van der Waals surface area contributed by atoms with Gasteiger partial charge in [-0.2, -0.15) is 0 Å². The molecule has 0 saturated heterocycles. The number of amidine groups is 1. The Hall–Kier alpha value is -2.62. The fourth-order valence-corrected chi connectivity index (χ4v) is 2.69. The minimum atomic E-state index is -0.320. The van der Waals surface area contributed by atoms with Crippen LogP contribution in [0.3, 0.4) is 0 Å². The largest absolute Gasteiger partial charge is 0.465 e. The number of fused-ring (bicyclic) bond motifs is 1. The van der Waals surface area contributed by atoms with Crippen molar-refractivity contribution in [3.05, 3.63) is 65.2 Å². The minimum Gasteiger partial charge on any atom is -0.465 e. The maximum absolute atomic E-state index is 11.7. The molecule has 1 heterocycles. The van der Waals surface area contributed by atoms with Crippen LogP contribution in [-0.2, 0) is 11.3 Å². The molecule has 0 fully saturated rings. The summed E-state index contributed by atoms with van der Waals surface area (Å²) in [6, 6.07) is 15.8. The van der Waals surface area contributed by atoms with Gasteiger partial charge in [0.1, 0.15) is 12.2 Å². The zero-order valence-electron chi connectivity index (χ0n) is 12.1. The van der Waals surface area contributed by atoms with Gasteiger partial charge in [0.25, 0.3) is 5.84 Å². The normalized spacial score (nSPS) is 13.0. The topological polar surface area (TPSA) is 41.3 Å². The summed E-state index contributed by atoms with van der Waals surface area (Å²) in [7, 11) is 3.31. The number of esters is 1. The number of carbonyl (C=O) groups excluding carboxylic acids is 1. The fraction of sp³-hybridized carbons (Fsp3) is 0.176. The van der Waals surface area contributed by atoms with E-state index in [1.165, 1.54) is 18.2 Å². The number of ether oxygens (including phenoxy) is 1. The van der Waals surface area contributed by atoms with Crippen molar-refractivity contribution in [3.8, 4) is 0 Å². The van der Waals surface area contributed by atoms with E-state index in [1.807, 2.05) is 37.4 Å². The maximum atomic E-state index is 11.7. The Morgan fingerprint density at radius 3 is 2.76 bits per heavy atom. The van der Waals surface area contributed by atoms with Gasteiger partial charge >= 0.3 is 5.97 Å². The Labute approximate surface area is 123 Å². The standard InChI is InChI=1S/C17H16N2O2/c1-18-16-15-9-4-3-6-13(15)11-19(16)14-8-5-7-12(10-14)17(20)21-2/h3-10H,11H2,1-2H3/p+1. The van der Waals surface area contributed by atoms with Crippen molar-refractivity contribution in [2.45, 2.75) is 6.54 Å². The monoisotopic (exact) mass is 281 g/mol. The SMILES string of the molecule is CNC1=[N+](c2cccc(C(=O)OC)c2)Cc2ccccc21. The number of hydrogen-bond acceptors (Lipinski definition) is 3. The van der Waals surface area contributed by atoms with E-state index >= 15 is 0 Å². The van der Waals surface area contributed by atoms with Gasteiger partial charge in [-0.1, -0.05) is 24.3 Å². The molecule has 1 aliphatic rings. The van der Waals surface area contributed by atoms with Gasteiger partial charge in [-0.05, 0) is 24.3 Å². The van der Waals surface area contributed by atoms with E-state index in [4.69, 9.17) is 4.74 Å². The fourth-order valence-electron chi connectivity index (χ4n) is 2.69. The number of hydrogen-bond donors (Lipinski definition) is 1. The molecule has 0 unspecified atom stereocenters.